The minimum Gasteiger partial charge on any atom is -0.336 e. The van der Waals surface area contributed by atoms with Crippen LogP contribution in [0.25, 0.3) is 0 Å². The molecule has 2 amide bonds. The van der Waals surface area contributed by atoms with Crippen molar-refractivity contribution in [2.24, 2.45) is 11.1 Å². The van der Waals surface area contributed by atoms with E-state index in [0.717, 1.165) is 0 Å². The van der Waals surface area contributed by atoms with Crippen molar-refractivity contribution in [3.05, 3.63) is 0 Å². The summed E-state index contributed by atoms with van der Waals surface area (Å²) >= 11 is 0. The molecule has 0 spiro atoms. The molecule has 0 atom stereocenters. The van der Waals surface area contributed by atoms with Crippen molar-refractivity contribution in [2.45, 2.75) is 40.7 Å². The Hall–Kier alpha value is -0.770. The number of urea groups is 1. The van der Waals surface area contributed by atoms with Gasteiger partial charge in [0, 0.05) is 19.1 Å². The maximum atomic E-state index is 11.8. The van der Waals surface area contributed by atoms with E-state index < -0.39 is 0 Å². The van der Waals surface area contributed by atoms with E-state index in [1.807, 2.05) is 20.8 Å². The van der Waals surface area contributed by atoms with Gasteiger partial charge in [-0.1, -0.05) is 13.8 Å². The molecule has 0 bridgehead atoms. The van der Waals surface area contributed by atoms with Gasteiger partial charge < -0.3 is 16.0 Å². The lowest BCUT2D eigenvalue weighted by Gasteiger charge is -2.31. The van der Waals surface area contributed by atoms with Crippen molar-refractivity contribution in [3.8, 4) is 0 Å². The second-order valence-electron chi connectivity index (χ2n) is 4.99. The van der Waals surface area contributed by atoms with Crippen molar-refractivity contribution in [3.63, 3.8) is 0 Å². The summed E-state index contributed by atoms with van der Waals surface area (Å²) in [6.45, 7) is 12.0. The van der Waals surface area contributed by atoms with Crippen molar-refractivity contribution < 1.29 is 4.79 Å². The molecule has 0 aliphatic rings. The maximum absolute atomic E-state index is 11.8. The van der Waals surface area contributed by atoms with E-state index >= 15 is 0 Å². The Morgan fingerprint density at radius 1 is 1.47 bits per heavy atom. The first kappa shape index (κ1) is 14.2. The Labute approximate surface area is 93.2 Å². The normalized spacial score (nSPS) is 11.7. The van der Waals surface area contributed by atoms with E-state index in [1.54, 1.807) is 4.90 Å². The number of carbonyl (C=O) groups is 1. The van der Waals surface area contributed by atoms with Crippen molar-refractivity contribution in [2.75, 3.05) is 19.6 Å². The first-order valence-electron chi connectivity index (χ1n) is 5.58. The lowest BCUT2D eigenvalue weighted by atomic mass is 9.93. The summed E-state index contributed by atoms with van der Waals surface area (Å²) in [6, 6.07) is 0.168. The van der Waals surface area contributed by atoms with Crippen LogP contribution in [-0.2, 0) is 0 Å². The standard InChI is InChI=1S/C11H25N3O/c1-6-14(8-11(4,5)7-12)10(15)13-9(2)3/h9H,6-8,12H2,1-5H3,(H,13,15). The molecule has 15 heavy (non-hydrogen) atoms. The molecule has 0 radical (unpaired) electrons. The van der Waals surface area contributed by atoms with Crippen molar-refractivity contribution in [1.29, 1.82) is 0 Å². The van der Waals surface area contributed by atoms with Crippen LogP contribution in [0.4, 0.5) is 4.79 Å². The molecule has 0 heterocycles. The fourth-order valence-corrected chi connectivity index (χ4v) is 1.25. The van der Waals surface area contributed by atoms with Crippen LogP contribution in [0.15, 0.2) is 0 Å². The zero-order chi connectivity index (χ0) is 12.1. The lowest BCUT2D eigenvalue weighted by molar-refractivity contribution is 0.171. The first-order valence-corrected chi connectivity index (χ1v) is 5.58. The van der Waals surface area contributed by atoms with Gasteiger partial charge in [0.15, 0.2) is 0 Å². The molecule has 0 unspecified atom stereocenters. The molecule has 3 N–H and O–H groups in total. The highest BCUT2D eigenvalue weighted by molar-refractivity contribution is 5.74. The monoisotopic (exact) mass is 215 g/mol. The number of nitrogens with zero attached hydrogens (tertiary/aromatic N) is 1. The molecule has 0 aromatic carbocycles. The Kier molecular flexibility index (Phi) is 5.65. The molecule has 0 aliphatic heterocycles. The summed E-state index contributed by atoms with van der Waals surface area (Å²) in [7, 11) is 0. The van der Waals surface area contributed by atoms with E-state index in [0.29, 0.717) is 19.6 Å². The largest absolute Gasteiger partial charge is 0.336 e. The van der Waals surface area contributed by atoms with Crippen LogP contribution in [0.1, 0.15) is 34.6 Å². The number of rotatable bonds is 5. The minimum absolute atomic E-state index is 0.00553. The Morgan fingerprint density at radius 3 is 2.33 bits per heavy atom. The first-order chi connectivity index (χ1) is 6.82. The number of hydrogen-bond donors (Lipinski definition) is 2. The highest BCUT2D eigenvalue weighted by atomic mass is 16.2. The summed E-state index contributed by atoms with van der Waals surface area (Å²) in [5.74, 6) is 0. The summed E-state index contributed by atoms with van der Waals surface area (Å²) in [6.07, 6.45) is 0. The van der Waals surface area contributed by atoms with Gasteiger partial charge >= 0.3 is 6.03 Å². The van der Waals surface area contributed by atoms with Crippen LogP contribution < -0.4 is 11.1 Å². The maximum Gasteiger partial charge on any atom is 0.317 e. The van der Waals surface area contributed by atoms with E-state index in [2.05, 4.69) is 19.2 Å². The van der Waals surface area contributed by atoms with Gasteiger partial charge in [0.05, 0.1) is 0 Å². The molecule has 0 aromatic heterocycles. The summed E-state index contributed by atoms with van der Waals surface area (Å²) < 4.78 is 0. The van der Waals surface area contributed by atoms with Crippen LogP contribution in [-0.4, -0.2) is 36.6 Å². The van der Waals surface area contributed by atoms with Crippen LogP contribution in [0.3, 0.4) is 0 Å². The molecule has 0 fully saturated rings. The predicted octanol–water partition coefficient (Wildman–Crippen LogP) is 1.41. The molecule has 0 saturated carbocycles. The highest BCUT2D eigenvalue weighted by Gasteiger charge is 2.22. The second kappa shape index (κ2) is 5.95. The fourth-order valence-electron chi connectivity index (χ4n) is 1.25. The van der Waals surface area contributed by atoms with Gasteiger partial charge in [-0.15, -0.1) is 0 Å². The molecule has 0 aromatic rings. The molecule has 0 saturated heterocycles. The smallest absolute Gasteiger partial charge is 0.317 e. The number of nitrogens with two attached hydrogens (primary N) is 1. The zero-order valence-electron chi connectivity index (χ0n) is 10.6. The van der Waals surface area contributed by atoms with Gasteiger partial charge in [-0.25, -0.2) is 4.79 Å². The second-order valence-corrected chi connectivity index (χ2v) is 4.99. The number of hydrogen-bond acceptors (Lipinski definition) is 2. The van der Waals surface area contributed by atoms with Crippen molar-refractivity contribution >= 4 is 6.03 Å². The third kappa shape index (κ3) is 5.62. The summed E-state index contributed by atoms with van der Waals surface area (Å²) in [5, 5.41) is 2.89. The quantitative estimate of drug-likeness (QED) is 0.728. The van der Waals surface area contributed by atoms with Crippen LogP contribution >= 0.6 is 0 Å². The lowest BCUT2D eigenvalue weighted by Crippen LogP contribution is -2.48. The SMILES string of the molecule is CCN(CC(C)(C)CN)C(=O)NC(C)C. The molecule has 4 heteroatoms. The fraction of sp³-hybridized carbons (Fsp3) is 0.909. The average Bonchev–Trinajstić information content (AvgIpc) is 2.13. The number of carbonyl (C=O) groups excluding carboxylic acids is 1. The molecule has 0 rings (SSSR count). The summed E-state index contributed by atoms with van der Waals surface area (Å²) in [5.41, 5.74) is 5.63. The third-order valence-electron chi connectivity index (χ3n) is 2.25. The van der Waals surface area contributed by atoms with Crippen LogP contribution in [0.5, 0.6) is 0 Å². The Balaban J connectivity index is 4.30. The van der Waals surface area contributed by atoms with Gasteiger partial charge in [0.1, 0.15) is 0 Å². The third-order valence-corrected chi connectivity index (χ3v) is 2.25. The Bertz CT molecular complexity index is 202. The number of nitrogens with one attached hydrogen (secondary N) is 1. The summed E-state index contributed by atoms with van der Waals surface area (Å²) in [4.78, 5) is 13.6. The van der Waals surface area contributed by atoms with Gasteiger partial charge in [-0.3, -0.25) is 0 Å². The van der Waals surface area contributed by atoms with Gasteiger partial charge in [-0.2, -0.15) is 0 Å². The number of amides is 2. The van der Waals surface area contributed by atoms with E-state index in [1.165, 1.54) is 0 Å². The molecule has 0 aliphatic carbocycles. The van der Waals surface area contributed by atoms with E-state index in [4.69, 9.17) is 5.73 Å². The molecular weight excluding hydrogens is 190 g/mol. The zero-order valence-corrected chi connectivity index (χ0v) is 10.6. The Morgan fingerprint density at radius 2 is 2.00 bits per heavy atom. The highest BCUT2D eigenvalue weighted by Crippen LogP contribution is 2.14. The molecule has 4 nitrogen and oxygen atoms in total. The van der Waals surface area contributed by atoms with Crippen LogP contribution in [0, 0.1) is 5.41 Å². The molecule has 90 valence electrons. The van der Waals surface area contributed by atoms with E-state index in [9.17, 15) is 4.79 Å². The van der Waals surface area contributed by atoms with Gasteiger partial charge in [0.2, 0.25) is 0 Å². The van der Waals surface area contributed by atoms with Crippen LogP contribution in [0.2, 0.25) is 0 Å². The topological polar surface area (TPSA) is 58.4 Å². The van der Waals surface area contributed by atoms with Gasteiger partial charge in [-0.05, 0) is 32.7 Å². The predicted molar refractivity (Wildman–Crippen MR) is 63.8 cm³/mol. The molecular formula is C11H25N3O. The average molecular weight is 215 g/mol. The van der Waals surface area contributed by atoms with Crippen molar-refractivity contribution in [1.82, 2.24) is 10.2 Å². The van der Waals surface area contributed by atoms with E-state index in [-0.39, 0.29) is 17.5 Å². The van der Waals surface area contributed by atoms with Gasteiger partial charge in [0.25, 0.3) is 0 Å². The minimum atomic E-state index is -0.0235.